The van der Waals surface area contributed by atoms with E-state index in [1.807, 2.05) is 24.3 Å². The van der Waals surface area contributed by atoms with Gasteiger partial charge in [0, 0.05) is 25.8 Å². The van der Waals surface area contributed by atoms with E-state index in [-0.39, 0.29) is 10.9 Å². The van der Waals surface area contributed by atoms with Gasteiger partial charge in [0.15, 0.2) is 0 Å². The predicted octanol–water partition coefficient (Wildman–Crippen LogP) is 2.09. The number of rotatable bonds is 7. The zero-order chi connectivity index (χ0) is 21.5. The number of para-hydroxylation sites is 2. The van der Waals surface area contributed by atoms with Crippen LogP contribution in [0.25, 0.3) is 11.0 Å². The van der Waals surface area contributed by atoms with Gasteiger partial charge in [-0.05, 0) is 42.8 Å². The maximum atomic E-state index is 12.9. The number of nitrogens with zero attached hydrogens (tertiary/aromatic N) is 3. The lowest BCUT2D eigenvalue weighted by atomic mass is 10.2. The molecule has 0 saturated carbocycles. The number of aromatic nitrogens is 2. The first kappa shape index (κ1) is 20.6. The lowest BCUT2D eigenvalue weighted by Gasteiger charge is -2.20. The summed E-state index contributed by atoms with van der Waals surface area (Å²) < 4.78 is 54.2. The Morgan fingerprint density at radius 2 is 1.83 bits per heavy atom. The van der Waals surface area contributed by atoms with Gasteiger partial charge in [-0.3, -0.25) is 4.72 Å². The van der Waals surface area contributed by atoms with E-state index in [9.17, 15) is 16.8 Å². The molecule has 1 aliphatic rings. The summed E-state index contributed by atoms with van der Waals surface area (Å²) in [7, 11) is -5.56. The Balaban J connectivity index is 1.46. The average molecular weight is 450 g/mol. The molecule has 1 atom stereocenters. The normalized spacial score (nSPS) is 16.6. The van der Waals surface area contributed by atoms with Crippen LogP contribution in [-0.2, 0) is 20.0 Å². The number of anilines is 2. The van der Waals surface area contributed by atoms with Crippen LogP contribution in [0.5, 0.6) is 0 Å². The average Bonchev–Trinajstić information content (AvgIpc) is 3.24. The third kappa shape index (κ3) is 4.00. The van der Waals surface area contributed by atoms with Gasteiger partial charge >= 0.3 is 0 Å². The molecule has 0 radical (unpaired) electrons. The minimum atomic E-state index is -3.69. The van der Waals surface area contributed by atoms with Gasteiger partial charge in [-0.2, -0.15) is 0 Å². The molecule has 1 unspecified atom stereocenters. The van der Waals surface area contributed by atoms with Crippen LogP contribution in [0.15, 0.2) is 53.4 Å². The van der Waals surface area contributed by atoms with Crippen molar-refractivity contribution in [3.63, 3.8) is 0 Å². The Morgan fingerprint density at radius 1 is 1.13 bits per heavy atom. The SMILES string of the molecule is CN(CCC1CNc2nc3ccccc3n21)S(=O)(=O)c1ccc(NS(C)(=O)=O)cc1. The number of benzene rings is 2. The number of nitrogens with one attached hydrogen (secondary N) is 2. The van der Waals surface area contributed by atoms with Crippen LogP contribution in [0.1, 0.15) is 12.5 Å². The Labute approximate surface area is 175 Å². The first-order chi connectivity index (χ1) is 14.1. The minimum Gasteiger partial charge on any atom is -0.354 e. The van der Waals surface area contributed by atoms with Crippen molar-refractivity contribution in [1.82, 2.24) is 13.9 Å². The molecule has 9 nitrogen and oxygen atoms in total. The Hall–Kier alpha value is -2.63. The van der Waals surface area contributed by atoms with E-state index in [4.69, 9.17) is 0 Å². The molecule has 0 aliphatic carbocycles. The van der Waals surface area contributed by atoms with E-state index in [1.165, 1.54) is 28.6 Å². The molecule has 30 heavy (non-hydrogen) atoms. The Morgan fingerprint density at radius 3 is 2.53 bits per heavy atom. The number of sulfonamides is 2. The molecule has 0 amide bonds. The molecule has 11 heteroatoms. The molecule has 160 valence electrons. The highest BCUT2D eigenvalue weighted by Gasteiger charge is 2.27. The van der Waals surface area contributed by atoms with Crippen LogP contribution in [0.3, 0.4) is 0 Å². The lowest BCUT2D eigenvalue weighted by Crippen LogP contribution is -2.29. The molecule has 0 bridgehead atoms. The van der Waals surface area contributed by atoms with E-state index in [2.05, 4.69) is 19.6 Å². The molecule has 4 rings (SSSR count). The van der Waals surface area contributed by atoms with Crippen LogP contribution in [-0.4, -0.2) is 57.1 Å². The van der Waals surface area contributed by atoms with E-state index in [0.29, 0.717) is 25.2 Å². The van der Waals surface area contributed by atoms with E-state index < -0.39 is 20.0 Å². The fraction of sp³-hybridized carbons (Fsp3) is 0.316. The molecular weight excluding hydrogens is 426 g/mol. The highest BCUT2D eigenvalue weighted by atomic mass is 32.2. The van der Waals surface area contributed by atoms with Gasteiger partial charge in [0.05, 0.1) is 28.2 Å². The van der Waals surface area contributed by atoms with Gasteiger partial charge in [-0.25, -0.2) is 26.1 Å². The zero-order valence-electron chi connectivity index (χ0n) is 16.6. The smallest absolute Gasteiger partial charge is 0.242 e. The monoisotopic (exact) mass is 449 g/mol. The molecule has 2 aromatic carbocycles. The standard InChI is InChI=1S/C19H23N5O4S2/c1-23(30(27,28)16-9-7-14(8-10-16)22-29(2,25)26)12-11-15-13-20-19-21-17-5-3-4-6-18(17)24(15)19/h3-10,15,22H,11-13H2,1-2H3,(H,20,21). The molecule has 0 fully saturated rings. The van der Waals surface area contributed by atoms with Crippen molar-refractivity contribution in [2.45, 2.75) is 17.4 Å². The first-order valence-electron chi connectivity index (χ1n) is 9.40. The van der Waals surface area contributed by atoms with Gasteiger partial charge < -0.3 is 9.88 Å². The molecular formula is C19H23N5O4S2. The van der Waals surface area contributed by atoms with Crippen LogP contribution >= 0.6 is 0 Å². The molecule has 1 aliphatic heterocycles. The summed E-state index contributed by atoms with van der Waals surface area (Å²) in [6.45, 7) is 1.04. The molecule has 3 aromatic rings. The zero-order valence-corrected chi connectivity index (χ0v) is 18.2. The van der Waals surface area contributed by atoms with Crippen LogP contribution < -0.4 is 10.0 Å². The van der Waals surface area contributed by atoms with Crippen molar-refractivity contribution in [1.29, 1.82) is 0 Å². The quantitative estimate of drug-likeness (QED) is 0.571. The summed E-state index contributed by atoms with van der Waals surface area (Å²) in [6.07, 6.45) is 1.67. The Bertz CT molecular complexity index is 1280. The second-order valence-corrected chi connectivity index (χ2v) is 11.1. The highest BCUT2D eigenvalue weighted by molar-refractivity contribution is 7.92. The van der Waals surface area contributed by atoms with Gasteiger partial charge in [-0.15, -0.1) is 0 Å². The molecule has 1 aromatic heterocycles. The summed E-state index contributed by atoms with van der Waals surface area (Å²) in [5.41, 5.74) is 2.26. The van der Waals surface area contributed by atoms with Gasteiger partial charge in [0.1, 0.15) is 0 Å². The van der Waals surface area contributed by atoms with E-state index >= 15 is 0 Å². The summed E-state index contributed by atoms with van der Waals surface area (Å²) in [5, 5.41) is 3.29. The Kier molecular flexibility index (Phi) is 5.20. The summed E-state index contributed by atoms with van der Waals surface area (Å²) in [5.74, 6) is 0.806. The summed E-state index contributed by atoms with van der Waals surface area (Å²) in [4.78, 5) is 4.69. The largest absolute Gasteiger partial charge is 0.354 e. The fourth-order valence-electron chi connectivity index (χ4n) is 3.61. The van der Waals surface area contributed by atoms with E-state index in [0.717, 1.165) is 23.2 Å². The molecule has 2 heterocycles. The minimum absolute atomic E-state index is 0.103. The second kappa shape index (κ2) is 7.56. The maximum absolute atomic E-state index is 12.9. The predicted molar refractivity (Wildman–Crippen MR) is 117 cm³/mol. The molecule has 0 saturated heterocycles. The second-order valence-electron chi connectivity index (χ2n) is 7.34. The van der Waals surface area contributed by atoms with Crippen LogP contribution in [0.2, 0.25) is 0 Å². The highest BCUT2D eigenvalue weighted by Crippen LogP contribution is 2.31. The van der Waals surface area contributed by atoms with Crippen molar-refractivity contribution in [3.05, 3.63) is 48.5 Å². The summed E-state index contributed by atoms with van der Waals surface area (Å²) in [6, 6.07) is 13.7. The third-order valence-electron chi connectivity index (χ3n) is 5.10. The van der Waals surface area contributed by atoms with Crippen molar-refractivity contribution in [2.24, 2.45) is 0 Å². The number of hydrogen-bond acceptors (Lipinski definition) is 6. The first-order valence-corrected chi connectivity index (χ1v) is 12.7. The van der Waals surface area contributed by atoms with Crippen molar-refractivity contribution < 1.29 is 16.8 Å². The number of hydrogen-bond donors (Lipinski definition) is 2. The van der Waals surface area contributed by atoms with Crippen molar-refractivity contribution >= 4 is 42.7 Å². The van der Waals surface area contributed by atoms with Crippen LogP contribution in [0, 0.1) is 0 Å². The summed E-state index contributed by atoms with van der Waals surface area (Å²) >= 11 is 0. The third-order valence-corrected chi connectivity index (χ3v) is 7.58. The maximum Gasteiger partial charge on any atom is 0.242 e. The van der Waals surface area contributed by atoms with E-state index in [1.54, 1.807) is 7.05 Å². The van der Waals surface area contributed by atoms with Gasteiger partial charge in [0.2, 0.25) is 26.0 Å². The molecule has 0 spiro atoms. The number of imidazole rings is 1. The lowest BCUT2D eigenvalue weighted by molar-refractivity contribution is 0.419. The van der Waals surface area contributed by atoms with Gasteiger partial charge in [-0.1, -0.05) is 12.1 Å². The molecule has 2 N–H and O–H groups in total. The van der Waals surface area contributed by atoms with Crippen molar-refractivity contribution in [3.8, 4) is 0 Å². The van der Waals surface area contributed by atoms with Gasteiger partial charge in [0.25, 0.3) is 0 Å². The topological polar surface area (TPSA) is 113 Å². The van der Waals surface area contributed by atoms with Crippen molar-refractivity contribution in [2.75, 3.05) is 36.4 Å². The fourth-order valence-corrected chi connectivity index (χ4v) is 5.36. The van der Waals surface area contributed by atoms with Crippen LogP contribution in [0.4, 0.5) is 11.6 Å². The number of fused-ring (bicyclic) bond motifs is 3.